The van der Waals surface area contributed by atoms with Crippen molar-refractivity contribution in [2.45, 2.75) is 52.1 Å². The average Bonchev–Trinajstić information content (AvgIpc) is 3.29. The highest BCUT2D eigenvalue weighted by Crippen LogP contribution is 2.27. The van der Waals surface area contributed by atoms with Crippen LogP contribution in [0.1, 0.15) is 50.2 Å². The second kappa shape index (κ2) is 15.4. The van der Waals surface area contributed by atoms with Crippen LogP contribution < -0.4 is 16.0 Å². The highest BCUT2D eigenvalue weighted by Gasteiger charge is 2.18. The van der Waals surface area contributed by atoms with Crippen LogP contribution in [0.3, 0.4) is 0 Å². The molecule has 2 fully saturated rings. The molecule has 0 unspecified atom stereocenters. The lowest BCUT2D eigenvalue weighted by Gasteiger charge is -2.27. The van der Waals surface area contributed by atoms with Gasteiger partial charge in [-0.1, -0.05) is 37.1 Å². The molecule has 0 bridgehead atoms. The maximum atomic E-state index is 12.1. The minimum atomic E-state index is 0. The number of rotatable bonds is 10. The molecule has 3 N–H and O–H groups in total. The van der Waals surface area contributed by atoms with E-state index in [0.29, 0.717) is 32.0 Å². The summed E-state index contributed by atoms with van der Waals surface area (Å²) in [6.07, 6.45) is 5.63. The van der Waals surface area contributed by atoms with E-state index in [9.17, 15) is 4.79 Å². The molecule has 1 aliphatic carbocycles. The smallest absolute Gasteiger partial charge is 0.220 e. The van der Waals surface area contributed by atoms with E-state index < -0.39 is 0 Å². The molecule has 1 saturated carbocycles. The number of carbonyl (C=O) groups excluding carboxylic acids is 1. The monoisotopic (exact) mass is 557 g/mol. The van der Waals surface area contributed by atoms with Crippen molar-refractivity contribution < 1.29 is 9.53 Å². The number of ether oxygens (including phenoxy) is 1. The van der Waals surface area contributed by atoms with Crippen LogP contribution in [0.2, 0.25) is 0 Å². The van der Waals surface area contributed by atoms with Crippen molar-refractivity contribution in [3.05, 3.63) is 35.4 Å². The summed E-state index contributed by atoms with van der Waals surface area (Å²) in [5, 5.41) is 9.67. The third kappa shape index (κ3) is 9.62. The number of hydrogen-bond acceptors (Lipinski definition) is 4. The molecule has 1 aromatic rings. The van der Waals surface area contributed by atoms with Crippen molar-refractivity contribution in [1.29, 1.82) is 0 Å². The van der Waals surface area contributed by atoms with Crippen LogP contribution in [0.15, 0.2) is 29.3 Å². The molecule has 1 heterocycles. The van der Waals surface area contributed by atoms with E-state index in [1.54, 1.807) is 0 Å². The van der Waals surface area contributed by atoms with Crippen LogP contribution >= 0.6 is 24.0 Å². The van der Waals surface area contributed by atoms with Crippen molar-refractivity contribution in [3.63, 3.8) is 0 Å². The van der Waals surface area contributed by atoms with Gasteiger partial charge in [0, 0.05) is 45.7 Å². The zero-order valence-electron chi connectivity index (χ0n) is 19.4. The van der Waals surface area contributed by atoms with Crippen LogP contribution in [0, 0.1) is 5.92 Å². The Hall–Kier alpha value is -1.39. The van der Waals surface area contributed by atoms with E-state index in [1.807, 2.05) is 0 Å². The van der Waals surface area contributed by atoms with E-state index in [0.717, 1.165) is 45.4 Å². The van der Waals surface area contributed by atoms with Gasteiger partial charge >= 0.3 is 0 Å². The number of hydrogen-bond donors (Lipinski definition) is 3. The summed E-state index contributed by atoms with van der Waals surface area (Å²) in [5.74, 6) is 1.55. The largest absolute Gasteiger partial charge is 0.379 e. The summed E-state index contributed by atoms with van der Waals surface area (Å²) in [6.45, 7) is 9.29. The standard InChI is InChI=1S/C24H39N5O2.HI/c1-2-25-24(27-12-11-26-23(30)17-20-7-3-4-8-20)28-18-21-9-5-6-10-22(21)19-29-13-15-31-16-14-29;/h5-6,9-10,20H,2-4,7-8,11-19H2,1H3,(H,26,30)(H2,25,27,28);1H. The third-order valence-corrected chi connectivity index (χ3v) is 6.06. The summed E-state index contributed by atoms with van der Waals surface area (Å²) < 4.78 is 5.46. The Morgan fingerprint density at radius 2 is 1.75 bits per heavy atom. The van der Waals surface area contributed by atoms with Gasteiger partial charge in [0.15, 0.2) is 5.96 Å². The maximum Gasteiger partial charge on any atom is 0.220 e. The van der Waals surface area contributed by atoms with Crippen LogP contribution in [0.5, 0.6) is 0 Å². The predicted octanol–water partition coefficient (Wildman–Crippen LogP) is 2.89. The first-order chi connectivity index (χ1) is 15.2. The highest BCUT2D eigenvalue weighted by molar-refractivity contribution is 14.0. The van der Waals surface area contributed by atoms with Gasteiger partial charge in [0.1, 0.15) is 0 Å². The molecule has 1 amide bonds. The minimum absolute atomic E-state index is 0. The van der Waals surface area contributed by atoms with Crippen LogP contribution in [-0.4, -0.2) is 62.7 Å². The SMILES string of the molecule is CCNC(=NCc1ccccc1CN1CCOCC1)NCCNC(=O)CC1CCCC1.I. The molecule has 3 rings (SSSR count). The Bertz CT molecular complexity index is 703. The predicted molar refractivity (Wildman–Crippen MR) is 140 cm³/mol. The number of nitrogens with one attached hydrogen (secondary N) is 3. The average molecular weight is 558 g/mol. The molecule has 1 aromatic carbocycles. The third-order valence-electron chi connectivity index (χ3n) is 6.06. The first kappa shape index (κ1) is 26.9. The lowest BCUT2D eigenvalue weighted by atomic mass is 10.0. The van der Waals surface area contributed by atoms with E-state index in [1.165, 1.54) is 36.8 Å². The van der Waals surface area contributed by atoms with Gasteiger partial charge in [-0.2, -0.15) is 0 Å². The first-order valence-corrected chi connectivity index (χ1v) is 11.9. The number of guanidine groups is 1. The summed E-state index contributed by atoms with van der Waals surface area (Å²) in [7, 11) is 0. The van der Waals surface area contributed by atoms with Gasteiger partial charge in [0.25, 0.3) is 0 Å². The van der Waals surface area contributed by atoms with Gasteiger partial charge in [0.05, 0.1) is 19.8 Å². The highest BCUT2D eigenvalue weighted by atomic mass is 127. The zero-order chi connectivity index (χ0) is 21.7. The number of morpholine rings is 1. The van der Waals surface area contributed by atoms with Crippen LogP contribution in [0.4, 0.5) is 0 Å². The second-order valence-corrected chi connectivity index (χ2v) is 8.48. The van der Waals surface area contributed by atoms with Gasteiger partial charge in [0.2, 0.25) is 5.91 Å². The molecule has 0 atom stereocenters. The molecular weight excluding hydrogens is 517 g/mol. The Labute approximate surface area is 210 Å². The van der Waals surface area contributed by atoms with E-state index >= 15 is 0 Å². The number of nitrogens with zero attached hydrogens (tertiary/aromatic N) is 2. The lowest BCUT2D eigenvalue weighted by molar-refractivity contribution is -0.121. The fourth-order valence-electron chi connectivity index (χ4n) is 4.30. The van der Waals surface area contributed by atoms with Crippen molar-refractivity contribution in [3.8, 4) is 0 Å². The Balaban J connectivity index is 0.00000363. The fourth-order valence-corrected chi connectivity index (χ4v) is 4.30. The summed E-state index contributed by atoms with van der Waals surface area (Å²) in [4.78, 5) is 19.3. The minimum Gasteiger partial charge on any atom is -0.379 e. The summed E-state index contributed by atoms with van der Waals surface area (Å²) >= 11 is 0. The van der Waals surface area contributed by atoms with Crippen molar-refractivity contribution in [1.82, 2.24) is 20.9 Å². The van der Waals surface area contributed by atoms with Crippen molar-refractivity contribution >= 4 is 35.8 Å². The topological polar surface area (TPSA) is 78.0 Å². The van der Waals surface area contributed by atoms with Crippen molar-refractivity contribution in [2.24, 2.45) is 10.9 Å². The van der Waals surface area contributed by atoms with Gasteiger partial charge in [-0.25, -0.2) is 4.99 Å². The number of amides is 1. The summed E-state index contributed by atoms with van der Waals surface area (Å²) in [6, 6.07) is 8.53. The van der Waals surface area contributed by atoms with E-state index in [4.69, 9.17) is 9.73 Å². The normalized spacial score (nSPS) is 17.6. The molecule has 2 aliphatic rings. The molecule has 0 radical (unpaired) electrons. The van der Waals surface area contributed by atoms with Gasteiger partial charge < -0.3 is 20.7 Å². The van der Waals surface area contributed by atoms with Crippen LogP contribution in [-0.2, 0) is 22.6 Å². The zero-order valence-corrected chi connectivity index (χ0v) is 21.7. The van der Waals surface area contributed by atoms with Gasteiger partial charge in [-0.05, 0) is 36.8 Å². The molecule has 8 heteroatoms. The van der Waals surface area contributed by atoms with Gasteiger partial charge in [-0.15, -0.1) is 24.0 Å². The number of halogens is 1. The Morgan fingerprint density at radius 3 is 2.47 bits per heavy atom. The molecule has 7 nitrogen and oxygen atoms in total. The Kier molecular flexibility index (Phi) is 13.0. The Morgan fingerprint density at radius 1 is 1.06 bits per heavy atom. The lowest BCUT2D eigenvalue weighted by Crippen LogP contribution is -2.41. The summed E-state index contributed by atoms with van der Waals surface area (Å²) in [5.41, 5.74) is 2.57. The van der Waals surface area contributed by atoms with Crippen molar-refractivity contribution in [2.75, 3.05) is 45.9 Å². The molecule has 1 saturated heterocycles. The number of benzene rings is 1. The fraction of sp³-hybridized carbons (Fsp3) is 0.667. The molecule has 0 spiro atoms. The molecular formula is C24H40IN5O2. The van der Waals surface area contributed by atoms with Gasteiger partial charge in [-0.3, -0.25) is 9.69 Å². The quantitative estimate of drug-likeness (QED) is 0.179. The maximum absolute atomic E-state index is 12.1. The number of carbonyl (C=O) groups is 1. The first-order valence-electron chi connectivity index (χ1n) is 11.9. The molecule has 0 aromatic heterocycles. The molecule has 180 valence electrons. The molecule has 1 aliphatic heterocycles. The molecule has 32 heavy (non-hydrogen) atoms. The second-order valence-electron chi connectivity index (χ2n) is 8.48. The van der Waals surface area contributed by atoms with E-state index in [2.05, 4.69) is 52.0 Å². The van der Waals surface area contributed by atoms with Crippen LogP contribution in [0.25, 0.3) is 0 Å². The van der Waals surface area contributed by atoms with E-state index in [-0.39, 0.29) is 29.9 Å². The number of aliphatic imine (C=N–C) groups is 1.